The summed E-state index contributed by atoms with van der Waals surface area (Å²) in [6, 6.07) is 10.5. The van der Waals surface area contributed by atoms with Crippen LogP contribution in [0, 0.1) is 0 Å². The van der Waals surface area contributed by atoms with Crippen LogP contribution in [0.3, 0.4) is 0 Å². The lowest BCUT2D eigenvalue weighted by atomic mass is 9.91. The minimum Gasteiger partial charge on any atom is -0.496 e. The van der Waals surface area contributed by atoms with E-state index in [1.165, 1.54) is 7.11 Å². The molecule has 0 fully saturated rings. The highest BCUT2D eigenvalue weighted by molar-refractivity contribution is 6.67. The molecule has 0 spiro atoms. The first-order chi connectivity index (χ1) is 12.5. The van der Waals surface area contributed by atoms with Crippen LogP contribution in [-0.4, -0.2) is 30.4 Å². The number of ether oxygens (including phenoxy) is 2. The molecule has 3 aromatic rings. The van der Waals surface area contributed by atoms with Crippen LogP contribution in [0.15, 0.2) is 42.6 Å². The number of hydrogen-bond donors (Lipinski definition) is 1. The maximum Gasteiger partial charge on any atom is 0.337 e. The average Bonchev–Trinajstić information content (AvgIpc) is 3.09. The van der Waals surface area contributed by atoms with Gasteiger partial charge < -0.3 is 14.5 Å². The molecule has 0 saturated carbocycles. The fourth-order valence-electron chi connectivity index (χ4n) is 3.10. The van der Waals surface area contributed by atoms with Crippen molar-refractivity contribution >= 4 is 33.7 Å². The Labute approximate surface area is 155 Å². The Hall–Kier alpha value is -2.79. The molecule has 2 aromatic carbocycles. The molecule has 134 valence electrons. The van der Waals surface area contributed by atoms with Crippen LogP contribution < -0.4 is 4.74 Å². The van der Waals surface area contributed by atoms with Crippen molar-refractivity contribution in [3.8, 4) is 5.75 Å². The highest BCUT2D eigenvalue weighted by Gasteiger charge is 2.19. The summed E-state index contributed by atoms with van der Waals surface area (Å²) in [5, 5.41) is 0.400. The molecule has 0 aliphatic rings. The lowest BCUT2D eigenvalue weighted by molar-refractivity contribution is 0.0601. The summed E-state index contributed by atoms with van der Waals surface area (Å²) in [5.74, 6) is 0.169. The second kappa shape index (κ2) is 7.22. The van der Waals surface area contributed by atoms with Crippen LogP contribution in [0.2, 0.25) is 0 Å². The van der Waals surface area contributed by atoms with Gasteiger partial charge in [0, 0.05) is 34.1 Å². The van der Waals surface area contributed by atoms with Gasteiger partial charge in [-0.05, 0) is 47.5 Å². The summed E-state index contributed by atoms with van der Waals surface area (Å²) in [6.45, 7) is 2.04. The number of halogens is 1. The Morgan fingerprint density at radius 3 is 2.42 bits per heavy atom. The number of methoxy groups -OCH3 is 2. The van der Waals surface area contributed by atoms with Gasteiger partial charge in [0.1, 0.15) is 5.75 Å². The summed E-state index contributed by atoms with van der Waals surface area (Å²) < 4.78 is 10.3. The van der Waals surface area contributed by atoms with Crippen molar-refractivity contribution in [1.29, 1.82) is 0 Å². The van der Waals surface area contributed by atoms with Crippen LogP contribution >= 0.6 is 11.6 Å². The van der Waals surface area contributed by atoms with Gasteiger partial charge in [0.05, 0.1) is 19.8 Å². The number of aromatic amines is 1. The van der Waals surface area contributed by atoms with Gasteiger partial charge >= 0.3 is 5.97 Å². The van der Waals surface area contributed by atoms with Crippen molar-refractivity contribution in [2.45, 2.75) is 12.8 Å². The van der Waals surface area contributed by atoms with E-state index in [4.69, 9.17) is 21.1 Å². The third-order valence-electron chi connectivity index (χ3n) is 4.53. The molecule has 0 amide bonds. The number of carbonyl (C=O) groups excluding carboxylic acids is 2. The van der Waals surface area contributed by atoms with E-state index in [1.807, 2.05) is 31.3 Å². The molecule has 5 nitrogen and oxygen atoms in total. The van der Waals surface area contributed by atoms with Crippen LogP contribution in [0.25, 0.3) is 10.9 Å². The lowest BCUT2D eigenvalue weighted by Gasteiger charge is -2.16. The monoisotopic (exact) mass is 371 g/mol. The van der Waals surface area contributed by atoms with Gasteiger partial charge in [0.15, 0.2) is 0 Å². The minimum absolute atomic E-state index is 0.0360. The van der Waals surface area contributed by atoms with Crippen molar-refractivity contribution in [3.63, 3.8) is 0 Å². The van der Waals surface area contributed by atoms with E-state index < -0.39 is 5.24 Å². The predicted molar refractivity (Wildman–Crippen MR) is 100 cm³/mol. The maximum absolute atomic E-state index is 11.8. The maximum atomic E-state index is 11.8. The molecule has 6 heteroatoms. The first-order valence-electron chi connectivity index (χ1n) is 8.03. The van der Waals surface area contributed by atoms with Gasteiger partial charge in [-0.15, -0.1) is 0 Å². The topological polar surface area (TPSA) is 68.4 Å². The summed E-state index contributed by atoms with van der Waals surface area (Å²) in [4.78, 5) is 26.4. The van der Waals surface area contributed by atoms with Crippen LogP contribution in [0.5, 0.6) is 5.75 Å². The van der Waals surface area contributed by atoms with Crippen molar-refractivity contribution in [1.82, 2.24) is 4.98 Å². The van der Waals surface area contributed by atoms with Gasteiger partial charge in [0.25, 0.3) is 5.24 Å². The van der Waals surface area contributed by atoms with E-state index in [0.717, 1.165) is 22.0 Å². The molecule has 1 unspecified atom stereocenters. The number of fused-ring (bicyclic) bond motifs is 1. The Kier molecular flexibility index (Phi) is 5.00. The second-order valence-electron chi connectivity index (χ2n) is 5.95. The predicted octanol–water partition coefficient (Wildman–Crippen LogP) is 4.49. The minimum atomic E-state index is -0.530. The number of rotatable bonds is 5. The molecule has 0 aliphatic heterocycles. The van der Waals surface area contributed by atoms with E-state index in [-0.39, 0.29) is 11.9 Å². The lowest BCUT2D eigenvalue weighted by Crippen LogP contribution is -2.02. The van der Waals surface area contributed by atoms with Crippen molar-refractivity contribution in [3.05, 3.63) is 64.8 Å². The quantitative estimate of drug-likeness (QED) is 0.530. The van der Waals surface area contributed by atoms with E-state index in [9.17, 15) is 9.59 Å². The zero-order valence-electron chi connectivity index (χ0n) is 14.6. The van der Waals surface area contributed by atoms with Gasteiger partial charge in [0.2, 0.25) is 0 Å². The summed E-state index contributed by atoms with van der Waals surface area (Å²) >= 11 is 5.56. The molecule has 1 heterocycles. The van der Waals surface area contributed by atoms with Crippen molar-refractivity contribution < 1.29 is 19.1 Å². The Morgan fingerprint density at radius 1 is 1.04 bits per heavy atom. The second-order valence-corrected chi connectivity index (χ2v) is 6.29. The fourth-order valence-corrected chi connectivity index (χ4v) is 3.22. The third-order valence-corrected chi connectivity index (χ3v) is 4.75. The molecule has 0 bridgehead atoms. The highest BCUT2D eigenvalue weighted by Crippen LogP contribution is 2.36. The first kappa shape index (κ1) is 18.0. The van der Waals surface area contributed by atoms with E-state index >= 15 is 0 Å². The van der Waals surface area contributed by atoms with Crippen molar-refractivity contribution in [2.24, 2.45) is 0 Å². The molecule has 0 saturated heterocycles. The average molecular weight is 372 g/mol. The number of benzene rings is 2. The SMILES string of the molecule is COC(=O)c1ccc2[nH]cc(C(C)c3ccc(C(=O)Cl)cc3OC)c2c1. The first-order valence-corrected chi connectivity index (χ1v) is 8.41. The van der Waals surface area contributed by atoms with E-state index in [1.54, 1.807) is 25.3 Å². The van der Waals surface area contributed by atoms with Crippen LogP contribution in [-0.2, 0) is 4.74 Å². The summed E-state index contributed by atoms with van der Waals surface area (Å²) in [6.07, 6.45) is 1.91. The van der Waals surface area contributed by atoms with Crippen molar-refractivity contribution in [2.75, 3.05) is 14.2 Å². The molecule has 0 aliphatic carbocycles. The molecule has 1 atom stereocenters. The number of nitrogens with one attached hydrogen (secondary N) is 1. The number of hydrogen-bond acceptors (Lipinski definition) is 4. The van der Waals surface area contributed by atoms with Gasteiger partial charge in [-0.25, -0.2) is 4.79 Å². The number of H-pyrrole nitrogens is 1. The van der Waals surface area contributed by atoms with Gasteiger partial charge in [-0.3, -0.25) is 4.79 Å². The molecule has 1 N–H and O–H groups in total. The standard InChI is InChI=1S/C20H18ClNO4/c1-11(14-6-4-12(19(21)23)9-18(14)25-2)16-10-22-17-7-5-13(8-15(16)17)20(24)26-3/h4-11,22H,1-3H3. The zero-order chi connectivity index (χ0) is 18.8. The number of esters is 1. The van der Waals surface area contributed by atoms with Gasteiger partial charge in [-0.2, -0.15) is 0 Å². The van der Waals surface area contributed by atoms with Gasteiger partial charge in [-0.1, -0.05) is 13.0 Å². The number of aromatic nitrogens is 1. The smallest absolute Gasteiger partial charge is 0.337 e. The molecular formula is C20H18ClNO4. The largest absolute Gasteiger partial charge is 0.496 e. The Morgan fingerprint density at radius 2 is 1.77 bits per heavy atom. The molecule has 1 aromatic heterocycles. The van der Waals surface area contributed by atoms with Crippen LogP contribution in [0.1, 0.15) is 44.7 Å². The number of carbonyl (C=O) groups is 2. The molecule has 3 rings (SSSR count). The Bertz CT molecular complexity index is 993. The van der Waals surface area contributed by atoms with E-state index in [2.05, 4.69) is 4.98 Å². The third kappa shape index (κ3) is 3.18. The highest BCUT2D eigenvalue weighted by atomic mass is 35.5. The fraction of sp³-hybridized carbons (Fsp3) is 0.200. The summed E-state index contributed by atoms with van der Waals surface area (Å²) in [7, 11) is 2.91. The molecule has 26 heavy (non-hydrogen) atoms. The van der Waals surface area contributed by atoms with E-state index in [0.29, 0.717) is 16.9 Å². The molecular weight excluding hydrogens is 354 g/mol. The Balaban J connectivity index is 2.09. The van der Waals surface area contributed by atoms with Crippen LogP contribution in [0.4, 0.5) is 0 Å². The zero-order valence-corrected chi connectivity index (χ0v) is 15.4. The normalized spacial score (nSPS) is 12.0. The molecule has 0 radical (unpaired) electrons. The summed E-state index contributed by atoms with van der Waals surface area (Å²) in [5.41, 5.74) is 3.72.